The van der Waals surface area contributed by atoms with Crippen molar-refractivity contribution in [3.63, 3.8) is 0 Å². The summed E-state index contributed by atoms with van der Waals surface area (Å²) in [6.45, 7) is 5.74. The van der Waals surface area contributed by atoms with E-state index in [0.717, 1.165) is 54.7 Å². The van der Waals surface area contributed by atoms with Crippen molar-refractivity contribution < 1.29 is 19.7 Å². The lowest BCUT2D eigenvalue weighted by molar-refractivity contribution is 0.0952. The molecule has 3 heterocycles. The molecule has 0 spiro atoms. The Morgan fingerprint density at radius 3 is 2.81 bits per heavy atom. The second-order valence-electron chi connectivity index (χ2n) is 9.59. The molecule has 2 unspecified atom stereocenters. The van der Waals surface area contributed by atoms with Crippen molar-refractivity contribution in [1.29, 1.82) is 0 Å². The predicted molar refractivity (Wildman–Crippen MR) is 139 cm³/mol. The van der Waals surface area contributed by atoms with Crippen LogP contribution in [0.1, 0.15) is 46.4 Å². The molecule has 2 aliphatic rings. The van der Waals surface area contributed by atoms with Gasteiger partial charge in [-0.1, -0.05) is 6.07 Å². The number of hydrazone groups is 1. The van der Waals surface area contributed by atoms with Crippen LogP contribution in [0.4, 0.5) is 0 Å². The van der Waals surface area contributed by atoms with Crippen LogP contribution in [-0.2, 0) is 13.1 Å². The van der Waals surface area contributed by atoms with E-state index in [1.165, 1.54) is 12.1 Å². The smallest absolute Gasteiger partial charge is 0.275 e. The van der Waals surface area contributed by atoms with Gasteiger partial charge < -0.3 is 19.5 Å². The highest BCUT2D eigenvalue weighted by molar-refractivity contribution is 5.97. The van der Waals surface area contributed by atoms with Crippen molar-refractivity contribution in [2.75, 3.05) is 19.7 Å². The van der Waals surface area contributed by atoms with Crippen molar-refractivity contribution in [2.24, 2.45) is 11.0 Å². The number of carbonyl (C=O) groups excluding carboxylic acids is 1. The molecule has 1 aromatic heterocycles. The number of fused-ring (bicyclic) bond motifs is 4. The maximum Gasteiger partial charge on any atom is 0.275 e. The van der Waals surface area contributed by atoms with Crippen molar-refractivity contribution in [1.82, 2.24) is 14.9 Å². The second kappa shape index (κ2) is 10.5. The number of nitrogens with one attached hydrogen (secondary N) is 1. The first-order valence-corrected chi connectivity index (χ1v) is 12.4. The van der Waals surface area contributed by atoms with Crippen molar-refractivity contribution >= 4 is 12.1 Å². The summed E-state index contributed by atoms with van der Waals surface area (Å²) in [4.78, 5) is 27.1. The quantitative estimate of drug-likeness (QED) is 0.338. The molecule has 3 N–H and O–H groups in total. The maximum atomic E-state index is 12.3. The van der Waals surface area contributed by atoms with E-state index in [9.17, 15) is 19.8 Å². The Morgan fingerprint density at radius 1 is 1.14 bits per heavy atom. The van der Waals surface area contributed by atoms with Gasteiger partial charge in [0.1, 0.15) is 17.2 Å². The van der Waals surface area contributed by atoms with E-state index in [2.05, 4.69) is 21.5 Å². The van der Waals surface area contributed by atoms with Gasteiger partial charge in [0.2, 0.25) is 0 Å². The Bertz CT molecular complexity index is 1400. The van der Waals surface area contributed by atoms with Gasteiger partial charge in [-0.3, -0.25) is 14.5 Å². The number of rotatable bonds is 7. The maximum absolute atomic E-state index is 12.3. The first-order chi connectivity index (χ1) is 17.9. The van der Waals surface area contributed by atoms with Gasteiger partial charge >= 0.3 is 0 Å². The fourth-order valence-electron chi connectivity index (χ4n) is 5.40. The number of ether oxygens (including phenoxy) is 1. The highest BCUT2D eigenvalue weighted by atomic mass is 16.5. The van der Waals surface area contributed by atoms with Crippen LogP contribution in [0.15, 0.2) is 64.5 Å². The summed E-state index contributed by atoms with van der Waals surface area (Å²) in [6, 6.07) is 15.1. The number of piperidine rings is 1. The van der Waals surface area contributed by atoms with E-state index in [1.807, 2.05) is 35.8 Å². The third-order valence-corrected chi connectivity index (χ3v) is 6.94. The SMILES string of the molecule is CCOc1ccc(C=NNC(=O)c2ccc(O)cc2O)cc1CN1CC2CC(C1)c1cccc(=O)n1C2. The molecule has 192 valence electrons. The average Bonchev–Trinajstić information content (AvgIpc) is 2.86. The molecule has 37 heavy (non-hydrogen) atoms. The molecule has 0 radical (unpaired) electrons. The van der Waals surface area contributed by atoms with Crippen LogP contribution in [0.2, 0.25) is 0 Å². The van der Waals surface area contributed by atoms with E-state index in [0.29, 0.717) is 25.0 Å². The van der Waals surface area contributed by atoms with Crippen molar-refractivity contribution in [2.45, 2.75) is 32.4 Å². The lowest BCUT2D eigenvalue weighted by Crippen LogP contribution is -2.46. The monoisotopic (exact) mass is 502 g/mol. The van der Waals surface area contributed by atoms with Crippen LogP contribution in [0.5, 0.6) is 17.2 Å². The van der Waals surface area contributed by atoms with Crippen molar-refractivity contribution in [3.8, 4) is 17.2 Å². The van der Waals surface area contributed by atoms with Crippen LogP contribution in [0.3, 0.4) is 0 Å². The summed E-state index contributed by atoms with van der Waals surface area (Å²) in [6.07, 6.45) is 2.64. The number of amides is 1. The third-order valence-electron chi connectivity index (χ3n) is 6.94. The van der Waals surface area contributed by atoms with Gasteiger partial charge in [-0.15, -0.1) is 0 Å². The zero-order chi connectivity index (χ0) is 25.9. The molecular weight excluding hydrogens is 472 g/mol. The number of pyridine rings is 1. The minimum atomic E-state index is -0.584. The highest BCUT2D eigenvalue weighted by Crippen LogP contribution is 2.36. The lowest BCUT2D eigenvalue weighted by atomic mass is 9.83. The topological polar surface area (TPSA) is 116 Å². The fraction of sp³-hybridized carbons (Fsp3) is 0.321. The van der Waals surface area contributed by atoms with E-state index >= 15 is 0 Å². The van der Waals surface area contributed by atoms with Gasteiger partial charge in [-0.25, -0.2) is 5.43 Å². The molecule has 9 nitrogen and oxygen atoms in total. The first-order valence-electron chi connectivity index (χ1n) is 12.4. The minimum absolute atomic E-state index is 0.0156. The number of phenolic OH excluding ortho intramolecular Hbond substituents is 2. The van der Waals surface area contributed by atoms with Gasteiger partial charge in [-0.05, 0) is 61.2 Å². The number of hydrogen-bond acceptors (Lipinski definition) is 7. The number of hydrogen-bond donors (Lipinski definition) is 3. The number of aromatic hydroxyl groups is 2. The molecule has 1 saturated heterocycles. The predicted octanol–water partition coefficient (Wildman–Crippen LogP) is 3.04. The van der Waals surface area contributed by atoms with Crippen LogP contribution < -0.4 is 15.7 Å². The molecule has 2 aliphatic heterocycles. The highest BCUT2D eigenvalue weighted by Gasteiger charge is 2.34. The van der Waals surface area contributed by atoms with E-state index < -0.39 is 5.91 Å². The molecule has 1 fully saturated rings. The molecule has 1 amide bonds. The zero-order valence-electron chi connectivity index (χ0n) is 20.6. The number of benzene rings is 2. The number of carbonyl (C=O) groups is 1. The standard InChI is InChI=1S/C28H30N4O5/c1-2-37-26-9-6-18(13-29-30-28(36)23-8-7-22(33)12-25(23)34)10-21(26)17-31-14-19-11-20(16-31)24-4-3-5-27(35)32(24)15-19/h3-10,12-13,19-20,33-34H,2,11,14-17H2,1H3,(H,30,36). The molecule has 5 rings (SSSR count). The molecule has 2 atom stereocenters. The van der Waals surface area contributed by atoms with Crippen LogP contribution in [0, 0.1) is 5.92 Å². The van der Waals surface area contributed by atoms with Crippen LogP contribution in [0.25, 0.3) is 0 Å². The third kappa shape index (κ3) is 5.36. The molecule has 2 aromatic carbocycles. The number of likely N-dealkylation sites (tertiary alicyclic amines) is 1. The second-order valence-corrected chi connectivity index (χ2v) is 9.59. The number of nitrogens with zero attached hydrogens (tertiary/aromatic N) is 3. The number of phenols is 2. The Morgan fingerprint density at radius 2 is 2.00 bits per heavy atom. The Labute approximate surface area is 214 Å². The number of aromatic nitrogens is 1. The minimum Gasteiger partial charge on any atom is -0.508 e. The van der Waals surface area contributed by atoms with Gasteiger partial charge in [0.25, 0.3) is 11.5 Å². The summed E-state index contributed by atoms with van der Waals surface area (Å²) in [5, 5.41) is 23.3. The molecule has 0 saturated carbocycles. The molecule has 2 bridgehead atoms. The lowest BCUT2D eigenvalue weighted by Gasteiger charge is -2.43. The summed E-state index contributed by atoms with van der Waals surface area (Å²) in [7, 11) is 0. The van der Waals surface area contributed by atoms with Gasteiger partial charge in [0.15, 0.2) is 0 Å². The summed E-state index contributed by atoms with van der Waals surface area (Å²) in [5.41, 5.74) is 5.45. The average molecular weight is 503 g/mol. The van der Waals surface area contributed by atoms with Crippen molar-refractivity contribution in [3.05, 3.63) is 87.3 Å². The summed E-state index contributed by atoms with van der Waals surface area (Å²) < 4.78 is 7.82. The van der Waals surface area contributed by atoms with Gasteiger partial charge in [0, 0.05) is 55.5 Å². The van der Waals surface area contributed by atoms with Gasteiger partial charge in [-0.2, -0.15) is 5.10 Å². The van der Waals surface area contributed by atoms with Crippen LogP contribution in [-0.4, -0.2) is 51.5 Å². The fourth-order valence-corrected chi connectivity index (χ4v) is 5.40. The van der Waals surface area contributed by atoms with Crippen LogP contribution >= 0.6 is 0 Å². The molecule has 9 heteroatoms. The molecule has 0 aliphatic carbocycles. The zero-order valence-corrected chi connectivity index (χ0v) is 20.6. The Balaban J connectivity index is 1.30. The Hall–Kier alpha value is -4.11. The van der Waals surface area contributed by atoms with Gasteiger partial charge in [0.05, 0.1) is 18.4 Å². The first kappa shape index (κ1) is 24.6. The van der Waals surface area contributed by atoms with E-state index in [1.54, 1.807) is 12.3 Å². The molecule has 3 aromatic rings. The van der Waals surface area contributed by atoms with E-state index in [-0.39, 0.29) is 22.6 Å². The Kier molecular flexibility index (Phi) is 6.96. The largest absolute Gasteiger partial charge is 0.508 e. The normalized spacial score (nSPS) is 18.9. The summed E-state index contributed by atoms with van der Waals surface area (Å²) >= 11 is 0. The summed E-state index contributed by atoms with van der Waals surface area (Å²) in [5.74, 6) is 0.528. The molecular formula is C28H30N4O5. The van der Waals surface area contributed by atoms with E-state index in [4.69, 9.17) is 4.74 Å².